The van der Waals surface area contributed by atoms with E-state index in [1.165, 1.54) is 12.1 Å². The van der Waals surface area contributed by atoms with Gasteiger partial charge in [0.1, 0.15) is 10.4 Å². The Hall–Kier alpha value is -1.16. The van der Waals surface area contributed by atoms with Gasteiger partial charge in [0, 0.05) is 5.56 Å². The van der Waals surface area contributed by atoms with Crippen molar-refractivity contribution in [2.75, 3.05) is 0 Å². The van der Waals surface area contributed by atoms with Gasteiger partial charge in [0.25, 0.3) is 0 Å². The van der Waals surface area contributed by atoms with Crippen molar-refractivity contribution in [1.82, 2.24) is 10.2 Å². The van der Waals surface area contributed by atoms with Gasteiger partial charge in [0.05, 0.1) is 5.69 Å². The third-order valence-electron chi connectivity index (χ3n) is 1.67. The summed E-state index contributed by atoms with van der Waals surface area (Å²) in [5.41, 5.74) is 1.49. The van der Waals surface area contributed by atoms with E-state index in [1.54, 1.807) is 12.1 Å². The monoisotopic (exact) mass is 240 g/mol. The number of nitrogens with one attached hydrogen (secondary N) is 1. The Balaban J connectivity index is 2.46. The molecule has 0 aliphatic heterocycles. The van der Waals surface area contributed by atoms with E-state index >= 15 is 0 Å². The number of H-pyrrole nitrogens is 1. The van der Waals surface area contributed by atoms with Crippen molar-refractivity contribution in [1.29, 1.82) is 0 Å². The minimum absolute atomic E-state index is 0.253. The van der Waals surface area contributed by atoms with Crippen LogP contribution in [0.25, 0.3) is 11.3 Å². The number of benzene rings is 1. The van der Waals surface area contributed by atoms with Crippen LogP contribution < -0.4 is 0 Å². The van der Waals surface area contributed by atoms with Gasteiger partial charge in [0.2, 0.25) is 0 Å². The minimum atomic E-state index is -0.253. The number of aromatic nitrogens is 2. The Kier molecular flexibility index (Phi) is 2.14. The highest BCUT2D eigenvalue weighted by Gasteiger charge is 2.02. The Morgan fingerprint density at radius 2 is 2.15 bits per heavy atom. The van der Waals surface area contributed by atoms with E-state index < -0.39 is 0 Å². The second-order valence-electron chi connectivity index (χ2n) is 2.61. The zero-order chi connectivity index (χ0) is 9.26. The van der Waals surface area contributed by atoms with Gasteiger partial charge < -0.3 is 0 Å². The Bertz CT molecular complexity index is 425. The number of hydrogen-bond acceptors (Lipinski definition) is 1. The predicted molar refractivity (Wildman–Crippen MR) is 51.7 cm³/mol. The molecule has 1 aromatic carbocycles. The summed E-state index contributed by atoms with van der Waals surface area (Å²) in [4.78, 5) is 0. The van der Waals surface area contributed by atoms with Crippen molar-refractivity contribution in [3.63, 3.8) is 0 Å². The molecule has 0 aliphatic rings. The van der Waals surface area contributed by atoms with Crippen LogP contribution in [0.15, 0.2) is 34.9 Å². The molecule has 0 radical (unpaired) electrons. The maximum absolute atomic E-state index is 12.8. The molecule has 0 spiro atoms. The van der Waals surface area contributed by atoms with Crippen LogP contribution in [-0.4, -0.2) is 10.2 Å². The first-order valence-electron chi connectivity index (χ1n) is 3.72. The molecule has 1 heterocycles. The number of rotatable bonds is 1. The standard InChI is InChI=1S/C9H6BrFN2/c10-9-5-8(12-13-9)6-2-1-3-7(11)4-6/h1-5H,(H,12,13). The summed E-state index contributed by atoms with van der Waals surface area (Å²) in [5, 5.41) is 6.72. The van der Waals surface area contributed by atoms with Gasteiger partial charge >= 0.3 is 0 Å². The molecule has 0 atom stereocenters. The molecule has 1 aromatic heterocycles. The lowest BCUT2D eigenvalue weighted by Crippen LogP contribution is -1.79. The van der Waals surface area contributed by atoms with Gasteiger partial charge in [-0.15, -0.1) is 0 Å². The number of aromatic amines is 1. The van der Waals surface area contributed by atoms with Crippen LogP contribution >= 0.6 is 15.9 Å². The lowest BCUT2D eigenvalue weighted by molar-refractivity contribution is 0.628. The molecule has 0 amide bonds. The largest absolute Gasteiger partial charge is 0.271 e. The summed E-state index contributed by atoms with van der Waals surface area (Å²) in [7, 11) is 0. The van der Waals surface area contributed by atoms with E-state index in [9.17, 15) is 4.39 Å². The summed E-state index contributed by atoms with van der Waals surface area (Å²) < 4.78 is 13.6. The fourth-order valence-electron chi connectivity index (χ4n) is 1.09. The highest BCUT2D eigenvalue weighted by molar-refractivity contribution is 9.10. The summed E-state index contributed by atoms with van der Waals surface area (Å²) in [6, 6.07) is 8.13. The molecule has 0 saturated carbocycles. The SMILES string of the molecule is Fc1cccc(-c2cc(Br)[nH]n2)c1. The Morgan fingerprint density at radius 1 is 1.31 bits per heavy atom. The first-order valence-corrected chi connectivity index (χ1v) is 4.52. The van der Waals surface area contributed by atoms with E-state index in [1.807, 2.05) is 6.07 Å². The van der Waals surface area contributed by atoms with Gasteiger partial charge in [-0.2, -0.15) is 5.10 Å². The van der Waals surface area contributed by atoms with Crippen LogP contribution in [-0.2, 0) is 0 Å². The predicted octanol–water partition coefficient (Wildman–Crippen LogP) is 2.98. The molecule has 4 heteroatoms. The lowest BCUT2D eigenvalue weighted by atomic mass is 10.1. The first kappa shape index (κ1) is 8.44. The molecular formula is C9H6BrFN2. The van der Waals surface area contributed by atoms with Crippen LogP contribution in [0.5, 0.6) is 0 Å². The smallest absolute Gasteiger partial charge is 0.123 e. The van der Waals surface area contributed by atoms with E-state index in [-0.39, 0.29) is 5.82 Å². The maximum Gasteiger partial charge on any atom is 0.123 e. The average molecular weight is 241 g/mol. The maximum atomic E-state index is 12.8. The van der Waals surface area contributed by atoms with E-state index in [0.29, 0.717) is 0 Å². The summed E-state index contributed by atoms with van der Waals surface area (Å²) in [6.45, 7) is 0. The van der Waals surface area contributed by atoms with Gasteiger partial charge in [-0.3, -0.25) is 5.10 Å². The Morgan fingerprint density at radius 3 is 2.77 bits per heavy atom. The van der Waals surface area contributed by atoms with Crippen LogP contribution in [0.4, 0.5) is 4.39 Å². The molecule has 1 N–H and O–H groups in total. The van der Waals surface area contributed by atoms with Crippen molar-refractivity contribution < 1.29 is 4.39 Å². The first-order chi connectivity index (χ1) is 6.25. The molecule has 2 rings (SSSR count). The molecule has 2 aromatic rings. The zero-order valence-corrected chi connectivity index (χ0v) is 8.18. The van der Waals surface area contributed by atoms with E-state index in [4.69, 9.17) is 0 Å². The van der Waals surface area contributed by atoms with E-state index in [0.717, 1.165) is 15.9 Å². The molecule has 0 saturated heterocycles. The second-order valence-corrected chi connectivity index (χ2v) is 3.47. The molecular weight excluding hydrogens is 235 g/mol. The molecule has 0 aliphatic carbocycles. The van der Waals surface area contributed by atoms with Crippen LogP contribution in [0.2, 0.25) is 0 Å². The van der Waals surface area contributed by atoms with Gasteiger partial charge in [-0.05, 0) is 34.1 Å². The normalized spacial score (nSPS) is 10.3. The number of nitrogens with zero attached hydrogens (tertiary/aromatic N) is 1. The molecule has 2 nitrogen and oxygen atoms in total. The van der Waals surface area contributed by atoms with Crippen molar-refractivity contribution >= 4 is 15.9 Å². The molecule has 0 fully saturated rings. The van der Waals surface area contributed by atoms with Gasteiger partial charge in [-0.1, -0.05) is 12.1 Å². The number of hydrogen-bond donors (Lipinski definition) is 1. The zero-order valence-electron chi connectivity index (χ0n) is 6.59. The number of halogens is 2. The second kappa shape index (κ2) is 3.30. The van der Waals surface area contributed by atoms with Crippen molar-refractivity contribution in [2.45, 2.75) is 0 Å². The third kappa shape index (κ3) is 1.78. The fourth-order valence-corrected chi connectivity index (χ4v) is 1.40. The lowest BCUT2D eigenvalue weighted by Gasteiger charge is -1.94. The third-order valence-corrected chi connectivity index (χ3v) is 2.07. The fraction of sp³-hybridized carbons (Fsp3) is 0. The topological polar surface area (TPSA) is 28.7 Å². The molecule has 0 unspecified atom stereocenters. The van der Waals surface area contributed by atoms with Gasteiger partial charge in [0.15, 0.2) is 0 Å². The quantitative estimate of drug-likeness (QED) is 0.816. The molecule has 66 valence electrons. The summed E-state index contributed by atoms with van der Waals surface area (Å²) in [5.74, 6) is -0.253. The van der Waals surface area contributed by atoms with Crippen LogP contribution in [0.3, 0.4) is 0 Å². The summed E-state index contributed by atoms with van der Waals surface area (Å²) >= 11 is 3.24. The van der Waals surface area contributed by atoms with Crippen molar-refractivity contribution in [2.24, 2.45) is 0 Å². The summed E-state index contributed by atoms with van der Waals surface area (Å²) in [6.07, 6.45) is 0. The van der Waals surface area contributed by atoms with E-state index in [2.05, 4.69) is 26.1 Å². The highest BCUT2D eigenvalue weighted by atomic mass is 79.9. The average Bonchev–Trinajstić information content (AvgIpc) is 2.52. The molecule has 13 heavy (non-hydrogen) atoms. The van der Waals surface area contributed by atoms with Crippen molar-refractivity contribution in [3.05, 3.63) is 40.8 Å². The Labute approximate surface area is 82.9 Å². The van der Waals surface area contributed by atoms with Crippen LogP contribution in [0.1, 0.15) is 0 Å². The highest BCUT2D eigenvalue weighted by Crippen LogP contribution is 2.20. The minimum Gasteiger partial charge on any atom is -0.271 e. The molecule has 0 bridgehead atoms. The van der Waals surface area contributed by atoms with Crippen molar-refractivity contribution in [3.8, 4) is 11.3 Å². The van der Waals surface area contributed by atoms with Gasteiger partial charge in [-0.25, -0.2) is 4.39 Å². The van der Waals surface area contributed by atoms with Crippen LogP contribution in [0, 0.1) is 5.82 Å².